The highest BCUT2D eigenvalue weighted by Crippen LogP contribution is 2.37. The number of amides is 4. The van der Waals surface area contributed by atoms with Gasteiger partial charge in [-0.2, -0.15) is 0 Å². The Morgan fingerprint density at radius 3 is 2.39 bits per heavy atom. The number of hydrogen-bond donors (Lipinski definition) is 1. The first kappa shape index (κ1) is 22.4. The molecule has 31 heavy (non-hydrogen) atoms. The quantitative estimate of drug-likeness (QED) is 0.468. The lowest BCUT2D eigenvalue weighted by molar-refractivity contribution is -0.122. The highest BCUT2D eigenvalue weighted by Gasteiger charge is 2.36. The number of benzene rings is 2. The van der Waals surface area contributed by atoms with Crippen LogP contribution in [0.1, 0.15) is 18.9 Å². The van der Waals surface area contributed by atoms with E-state index in [4.69, 9.17) is 14.2 Å². The van der Waals surface area contributed by atoms with E-state index < -0.39 is 17.8 Å². The van der Waals surface area contributed by atoms with Crippen LogP contribution < -0.4 is 24.4 Å². The lowest BCUT2D eigenvalue weighted by atomic mass is 10.1. The Morgan fingerprint density at radius 2 is 1.77 bits per heavy atom. The van der Waals surface area contributed by atoms with Gasteiger partial charge in [0.05, 0.1) is 31.0 Å². The normalized spacial score (nSPS) is 15.2. The Bertz CT molecular complexity index is 1050. The van der Waals surface area contributed by atoms with Crippen LogP contribution in [0.4, 0.5) is 10.5 Å². The number of anilines is 1. The summed E-state index contributed by atoms with van der Waals surface area (Å²) in [5.74, 6) is 0.00803. The molecule has 4 amide bonds. The van der Waals surface area contributed by atoms with E-state index in [1.807, 2.05) is 6.92 Å². The molecule has 162 valence electrons. The summed E-state index contributed by atoms with van der Waals surface area (Å²) in [5.41, 5.74) is 0.643. The summed E-state index contributed by atoms with van der Waals surface area (Å²) in [6.45, 7) is 2.55. The van der Waals surface area contributed by atoms with Gasteiger partial charge >= 0.3 is 6.03 Å². The Hall–Kier alpha value is -3.33. The van der Waals surface area contributed by atoms with Gasteiger partial charge in [-0.3, -0.25) is 14.9 Å². The largest absolute Gasteiger partial charge is 0.494 e. The fourth-order valence-electron chi connectivity index (χ4n) is 2.99. The van der Waals surface area contributed by atoms with E-state index in [2.05, 4.69) is 21.2 Å². The summed E-state index contributed by atoms with van der Waals surface area (Å²) in [5, 5.41) is 2.20. The minimum atomic E-state index is -0.817. The number of halogens is 1. The van der Waals surface area contributed by atoms with Gasteiger partial charge in [-0.25, -0.2) is 9.69 Å². The molecule has 0 aromatic heterocycles. The van der Waals surface area contributed by atoms with E-state index in [0.717, 1.165) is 11.3 Å². The minimum Gasteiger partial charge on any atom is -0.494 e. The molecule has 3 rings (SSSR count). The molecule has 0 atom stereocenters. The SMILES string of the molecule is CCCOc1ccc(N2C(=O)NC(=O)/C(=C/c3cc(Br)c(OC)c(OC)c3)C2=O)cc1. The molecule has 1 aliphatic rings. The molecule has 1 aliphatic heterocycles. The van der Waals surface area contributed by atoms with Gasteiger partial charge in [-0.15, -0.1) is 0 Å². The van der Waals surface area contributed by atoms with Crippen molar-refractivity contribution in [3.8, 4) is 17.2 Å². The molecule has 0 aliphatic carbocycles. The van der Waals surface area contributed by atoms with Gasteiger partial charge in [0, 0.05) is 0 Å². The number of nitrogens with zero attached hydrogens (tertiary/aromatic N) is 1. The first-order valence-corrected chi connectivity index (χ1v) is 10.2. The third-order valence-electron chi connectivity index (χ3n) is 4.44. The monoisotopic (exact) mass is 488 g/mol. The Morgan fingerprint density at radius 1 is 1.06 bits per heavy atom. The molecular weight excluding hydrogens is 468 g/mol. The van der Waals surface area contributed by atoms with Gasteiger partial charge in [0.2, 0.25) is 0 Å². The first-order valence-electron chi connectivity index (χ1n) is 9.45. The predicted octanol–water partition coefficient (Wildman–Crippen LogP) is 3.92. The van der Waals surface area contributed by atoms with Crippen LogP contribution in [0.5, 0.6) is 17.2 Å². The Labute approximate surface area is 187 Å². The van der Waals surface area contributed by atoms with E-state index in [1.165, 1.54) is 20.3 Å². The average Bonchev–Trinajstić information content (AvgIpc) is 2.75. The highest BCUT2D eigenvalue weighted by molar-refractivity contribution is 9.10. The minimum absolute atomic E-state index is 0.190. The van der Waals surface area contributed by atoms with Gasteiger partial charge in [0.25, 0.3) is 11.8 Å². The zero-order valence-corrected chi connectivity index (χ0v) is 18.8. The molecule has 1 fully saturated rings. The molecule has 0 bridgehead atoms. The second-order valence-electron chi connectivity index (χ2n) is 6.54. The number of hydrogen-bond acceptors (Lipinski definition) is 6. The molecule has 0 unspecified atom stereocenters. The zero-order valence-electron chi connectivity index (χ0n) is 17.2. The van der Waals surface area contributed by atoms with Crippen LogP contribution in [0.15, 0.2) is 46.4 Å². The maximum Gasteiger partial charge on any atom is 0.335 e. The molecule has 2 aromatic rings. The van der Waals surface area contributed by atoms with Crippen LogP contribution in [-0.4, -0.2) is 38.7 Å². The summed E-state index contributed by atoms with van der Waals surface area (Å²) in [6.07, 6.45) is 2.25. The third-order valence-corrected chi connectivity index (χ3v) is 5.03. The van der Waals surface area contributed by atoms with Gasteiger partial charge in [-0.05, 0) is 70.4 Å². The number of imide groups is 2. The van der Waals surface area contributed by atoms with Crippen molar-refractivity contribution >= 4 is 45.5 Å². The summed E-state index contributed by atoms with van der Waals surface area (Å²) in [6, 6.07) is 8.98. The fourth-order valence-corrected chi connectivity index (χ4v) is 3.61. The van der Waals surface area contributed by atoms with E-state index in [9.17, 15) is 14.4 Å². The fraction of sp³-hybridized carbons (Fsp3) is 0.227. The van der Waals surface area contributed by atoms with Crippen molar-refractivity contribution in [3.63, 3.8) is 0 Å². The first-order chi connectivity index (χ1) is 14.9. The summed E-state index contributed by atoms with van der Waals surface area (Å²) in [7, 11) is 2.98. The second-order valence-corrected chi connectivity index (χ2v) is 7.39. The molecule has 9 heteroatoms. The molecule has 8 nitrogen and oxygen atoms in total. The van der Waals surface area contributed by atoms with Crippen molar-refractivity contribution in [1.29, 1.82) is 0 Å². The number of rotatable bonds is 7. The summed E-state index contributed by atoms with van der Waals surface area (Å²) >= 11 is 3.38. The topological polar surface area (TPSA) is 94.2 Å². The molecule has 1 N–H and O–H groups in total. The number of ether oxygens (including phenoxy) is 3. The van der Waals surface area contributed by atoms with Crippen LogP contribution in [0, 0.1) is 0 Å². The lowest BCUT2D eigenvalue weighted by Crippen LogP contribution is -2.54. The van der Waals surface area contributed by atoms with Crippen molar-refractivity contribution in [2.24, 2.45) is 0 Å². The van der Waals surface area contributed by atoms with Crippen LogP contribution in [-0.2, 0) is 9.59 Å². The van der Waals surface area contributed by atoms with Gasteiger partial charge in [-0.1, -0.05) is 6.92 Å². The molecule has 0 saturated carbocycles. The van der Waals surface area contributed by atoms with E-state index in [1.54, 1.807) is 36.4 Å². The second kappa shape index (κ2) is 9.65. The van der Waals surface area contributed by atoms with Gasteiger partial charge in [0.1, 0.15) is 11.3 Å². The van der Waals surface area contributed by atoms with E-state index in [0.29, 0.717) is 39.6 Å². The van der Waals surface area contributed by atoms with Crippen LogP contribution in [0.3, 0.4) is 0 Å². The van der Waals surface area contributed by atoms with Crippen LogP contribution in [0.2, 0.25) is 0 Å². The molecule has 1 saturated heterocycles. The number of nitrogens with one attached hydrogen (secondary N) is 1. The van der Waals surface area contributed by atoms with Crippen molar-refractivity contribution in [1.82, 2.24) is 5.32 Å². The molecule has 1 heterocycles. The van der Waals surface area contributed by atoms with E-state index >= 15 is 0 Å². The Balaban J connectivity index is 1.95. The van der Waals surface area contributed by atoms with Crippen LogP contribution >= 0.6 is 15.9 Å². The number of carbonyl (C=O) groups excluding carboxylic acids is 3. The zero-order chi connectivity index (χ0) is 22.5. The summed E-state index contributed by atoms with van der Waals surface area (Å²) in [4.78, 5) is 38.7. The number of carbonyl (C=O) groups is 3. The summed E-state index contributed by atoms with van der Waals surface area (Å²) < 4.78 is 16.7. The number of methoxy groups -OCH3 is 2. The number of barbiturate groups is 1. The van der Waals surface area contributed by atoms with E-state index in [-0.39, 0.29) is 5.57 Å². The van der Waals surface area contributed by atoms with Crippen LogP contribution in [0.25, 0.3) is 6.08 Å². The van der Waals surface area contributed by atoms with Crippen molar-refractivity contribution < 1.29 is 28.6 Å². The van der Waals surface area contributed by atoms with Gasteiger partial charge in [0.15, 0.2) is 11.5 Å². The van der Waals surface area contributed by atoms with Crippen molar-refractivity contribution in [2.75, 3.05) is 25.7 Å². The standard InChI is InChI=1S/C22H21BrN2O6/c1-4-9-31-15-7-5-14(6-8-15)25-21(27)16(20(26)24-22(25)28)10-13-11-17(23)19(30-3)18(12-13)29-2/h5-8,10-12H,4,9H2,1-3H3,(H,24,26,28)/b16-10-. The highest BCUT2D eigenvalue weighted by atomic mass is 79.9. The maximum atomic E-state index is 13.0. The molecule has 0 radical (unpaired) electrons. The molecule has 2 aromatic carbocycles. The lowest BCUT2D eigenvalue weighted by Gasteiger charge is -2.26. The van der Waals surface area contributed by atoms with Gasteiger partial charge < -0.3 is 14.2 Å². The molecule has 0 spiro atoms. The average molecular weight is 489 g/mol. The predicted molar refractivity (Wildman–Crippen MR) is 118 cm³/mol. The maximum absolute atomic E-state index is 13.0. The smallest absolute Gasteiger partial charge is 0.335 e. The third kappa shape index (κ3) is 4.72. The van der Waals surface area contributed by atoms with Crippen molar-refractivity contribution in [3.05, 3.63) is 52.0 Å². The Kier molecular flexibility index (Phi) is 6.96. The number of urea groups is 1. The molecular formula is C22H21BrN2O6. The van der Waals surface area contributed by atoms with Crippen molar-refractivity contribution in [2.45, 2.75) is 13.3 Å².